The Hall–Kier alpha value is -3.70. The fraction of sp³-hybridized carbons (Fsp3) is 0.0667. The van der Waals surface area contributed by atoms with Gasteiger partial charge in [0.25, 0.3) is 0 Å². The lowest BCUT2D eigenvalue weighted by Crippen LogP contribution is -2.33. The maximum Gasteiger partial charge on any atom is 0.211 e. The lowest BCUT2D eigenvalue weighted by atomic mass is 9.94. The number of guanidine groups is 1. The minimum absolute atomic E-state index is 0.101. The van der Waals surface area contributed by atoms with Crippen molar-refractivity contribution in [1.29, 1.82) is 10.5 Å². The fourth-order valence-electron chi connectivity index (χ4n) is 2.62. The van der Waals surface area contributed by atoms with Gasteiger partial charge in [-0.15, -0.1) is 0 Å². The minimum Gasteiger partial charge on any atom is -0.397 e. The van der Waals surface area contributed by atoms with E-state index >= 15 is 0 Å². The van der Waals surface area contributed by atoms with Gasteiger partial charge in [0.05, 0.1) is 16.3 Å². The van der Waals surface area contributed by atoms with E-state index in [1.54, 1.807) is 12.3 Å². The summed E-state index contributed by atoms with van der Waals surface area (Å²) in [5, 5.41) is 21.9. The summed E-state index contributed by atoms with van der Waals surface area (Å²) in [5.74, 6) is -4.86. The van der Waals surface area contributed by atoms with Crippen LogP contribution in [0.2, 0.25) is 5.02 Å². The Kier molecular flexibility index (Phi) is 4.39. The molecule has 0 spiro atoms. The summed E-state index contributed by atoms with van der Waals surface area (Å²) < 4.78 is 42.9. The molecule has 0 aliphatic carbocycles. The van der Waals surface area contributed by atoms with Gasteiger partial charge in [-0.2, -0.15) is 10.5 Å². The van der Waals surface area contributed by atoms with E-state index in [-0.39, 0.29) is 34.4 Å². The number of nitrogen functional groups attached to an aromatic ring is 2. The highest BCUT2D eigenvalue weighted by atomic mass is 35.5. The summed E-state index contributed by atoms with van der Waals surface area (Å²) in [7, 11) is 0. The Morgan fingerprint density at radius 2 is 1.89 bits per heavy atom. The van der Waals surface area contributed by atoms with Crippen LogP contribution in [0.1, 0.15) is 22.7 Å². The predicted octanol–water partition coefficient (Wildman–Crippen LogP) is 2.13. The van der Waals surface area contributed by atoms with E-state index in [4.69, 9.17) is 28.3 Å². The number of nitrogens with two attached hydrogens (primary N) is 2. The van der Waals surface area contributed by atoms with E-state index in [9.17, 15) is 18.4 Å². The first-order chi connectivity index (χ1) is 12.8. The third-order valence-corrected chi connectivity index (χ3v) is 4.06. The Morgan fingerprint density at radius 3 is 2.52 bits per heavy atom. The number of nitrogens with zero attached hydrogens (tertiary/aromatic N) is 4. The number of halogens is 4. The molecule has 0 saturated heterocycles. The van der Waals surface area contributed by atoms with Gasteiger partial charge in [-0.3, -0.25) is 5.32 Å². The van der Waals surface area contributed by atoms with Crippen LogP contribution in [0.25, 0.3) is 0 Å². The largest absolute Gasteiger partial charge is 0.397 e. The zero-order valence-electron chi connectivity index (χ0n) is 13.1. The summed E-state index contributed by atoms with van der Waals surface area (Å²) in [6.07, 6.45) is 1.57. The van der Waals surface area contributed by atoms with Crippen molar-refractivity contribution in [2.75, 3.05) is 16.8 Å². The van der Waals surface area contributed by atoms with Gasteiger partial charge in [-0.1, -0.05) is 11.6 Å². The molecular weight excluding hydrogens is 385 g/mol. The van der Waals surface area contributed by atoms with E-state index in [1.165, 1.54) is 0 Å². The lowest BCUT2D eigenvalue weighted by Gasteiger charge is -2.26. The molecule has 6 N–H and O–H groups in total. The third-order valence-electron chi connectivity index (χ3n) is 3.78. The van der Waals surface area contributed by atoms with Crippen molar-refractivity contribution in [3.8, 4) is 12.3 Å². The fourth-order valence-corrected chi connectivity index (χ4v) is 2.80. The maximum absolute atomic E-state index is 14.5. The number of anilines is 3. The number of aromatic nitrogens is 1. The molecule has 0 radical (unpaired) electrons. The second-order valence-electron chi connectivity index (χ2n) is 5.28. The number of rotatable bonds is 1. The zero-order valence-corrected chi connectivity index (χ0v) is 13.9. The third kappa shape index (κ3) is 2.80. The Morgan fingerprint density at radius 1 is 1.19 bits per heavy atom. The SMILES string of the molecule is N#CNC1=NC(c2c(F)cc(Cl)c(F)c2F)c2c(nc(N)c(C#N)c2N)N1. The number of hydrogen-bond donors (Lipinski definition) is 4. The number of pyridine rings is 1. The first-order valence-corrected chi connectivity index (χ1v) is 7.49. The summed E-state index contributed by atoms with van der Waals surface area (Å²) in [6.45, 7) is 0. The average Bonchev–Trinajstić information content (AvgIpc) is 2.60. The van der Waals surface area contributed by atoms with Crippen LogP contribution in [0.5, 0.6) is 0 Å². The molecule has 8 nitrogen and oxygen atoms in total. The number of nitriles is 2. The number of nitrogens with one attached hydrogen (secondary N) is 2. The van der Waals surface area contributed by atoms with Crippen LogP contribution in [-0.4, -0.2) is 10.9 Å². The number of hydrogen-bond acceptors (Lipinski definition) is 8. The molecular formula is C15H8ClF3N8. The second kappa shape index (κ2) is 6.55. The topological polar surface area (TPSA) is 149 Å². The molecule has 136 valence electrons. The quantitative estimate of drug-likeness (QED) is 0.251. The van der Waals surface area contributed by atoms with Crippen molar-refractivity contribution in [3.63, 3.8) is 0 Å². The van der Waals surface area contributed by atoms with Gasteiger partial charge in [0, 0.05) is 5.56 Å². The van der Waals surface area contributed by atoms with Gasteiger partial charge in [0.2, 0.25) is 5.96 Å². The molecule has 0 amide bonds. The van der Waals surface area contributed by atoms with E-state index in [0.29, 0.717) is 6.07 Å². The molecule has 1 aromatic carbocycles. The summed E-state index contributed by atoms with van der Waals surface area (Å²) in [5.41, 5.74) is 10.2. The highest BCUT2D eigenvalue weighted by Gasteiger charge is 2.34. The summed E-state index contributed by atoms with van der Waals surface area (Å²) in [6, 6.07) is 0.746. The number of fused-ring (bicyclic) bond motifs is 1. The molecule has 1 aromatic heterocycles. The molecule has 1 atom stereocenters. The van der Waals surface area contributed by atoms with Gasteiger partial charge < -0.3 is 16.8 Å². The first kappa shape index (κ1) is 18.1. The van der Waals surface area contributed by atoms with Crippen LogP contribution in [-0.2, 0) is 0 Å². The second-order valence-corrected chi connectivity index (χ2v) is 5.69. The standard InChI is InChI=1S/C15H8ClF3N8/c16-5-1-6(17)7(10(19)9(5)18)12-8-11(22)4(2-20)13(23)26-14(8)27-15(25-12)24-3-21/h1,12H,(H6,22,23,24,25,26,27). The van der Waals surface area contributed by atoms with Crippen LogP contribution >= 0.6 is 11.6 Å². The Labute approximate surface area is 154 Å². The highest BCUT2D eigenvalue weighted by molar-refractivity contribution is 6.30. The molecule has 0 fully saturated rings. The summed E-state index contributed by atoms with van der Waals surface area (Å²) in [4.78, 5) is 7.88. The van der Waals surface area contributed by atoms with Crippen LogP contribution in [0.3, 0.4) is 0 Å². The number of benzene rings is 1. The van der Waals surface area contributed by atoms with E-state index in [2.05, 4.69) is 20.6 Å². The van der Waals surface area contributed by atoms with Crippen LogP contribution in [0.15, 0.2) is 11.1 Å². The van der Waals surface area contributed by atoms with Crippen molar-refractivity contribution >= 4 is 34.9 Å². The van der Waals surface area contributed by atoms with Crippen molar-refractivity contribution in [2.24, 2.45) is 4.99 Å². The molecule has 1 aliphatic rings. The molecule has 0 saturated carbocycles. The summed E-state index contributed by atoms with van der Waals surface area (Å²) >= 11 is 5.45. The van der Waals surface area contributed by atoms with Crippen LogP contribution in [0.4, 0.5) is 30.5 Å². The van der Waals surface area contributed by atoms with E-state index in [1.807, 2.05) is 0 Å². The van der Waals surface area contributed by atoms with Crippen molar-refractivity contribution < 1.29 is 13.2 Å². The first-order valence-electron chi connectivity index (χ1n) is 7.11. The smallest absolute Gasteiger partial charge is 0.211 e. The normalized spacial score (nSPS) is 15.0. The molecule has 27 heavy (non-hydrogen) atoms. The zero-order chi connectivity index (χ0) is 19.9. The van der Waals surface area contributed by atoms with Crippen molar-refractivity contribution in [1.82, 2.24) is 10.3 Å². The Balaban J connectivity index is 2.36. The molecule has 0 bridgehead atoms. The molecule has 2 aromatic rings. The molecule has 12 heteroatoms. The lowest BCUT2D eigenvalue weighted by molar-refractivity contribution is 0.473. The highest BCUT2D eigenvalue weighted by Crippen LogP contribution is 2.42. The van der Waals surface area contributed by atoms with Crippen LogP contribution in [0, 0.1) is 40.2 Å². The van der Waals surface area contributed by atoms with Crippen LogP contribution < -0.4 is 22.1 Å². The molecule has 1 aliphatic heterocycles. The molecule has 3 rings (SSSR count). The van der Waals surface area contributed by atoms with E-state index in [0.717, 1.165) is 0 Å². The minimum atomic E-state index is -1.59. The van der Waals surface area contributed by atoms with Gasteiger partial charge >= 0.3 is 0 Å². The van der Waals surface area contributed by atoms with Gasteiger partial charge in [-0.25, -0.2) is 23.1 Å². The van der Waals surface area contributed by atoms with Gasteiger partial charge in [0.1, 0.15) is 35.1 Å². The molecule has 1 unspecified atom stereocenters. The van der Waals surface area contributed by atoms with Crippen molar-refractivity contribution in [3.05, 3.63) is 45.2 Å². The number of aliphatic imine (C=N–C) groups is 1. The van der Waals surface area contributed by atoms with Gasteiger partial charge in [0.15, 0.2) is 17.8 Å². The maximum atomic E-state index is 14.5. The Bertz CT molecular complexity index is 1090. The van der Waals surface area contributed by atoms with Crippen molar-refractivity contribution in [2.45, 2.75) is 6.04 Å². The average molecular weight is 393 g/mol. The monoisotopic (exact) mass is 392 g/mol. The molecule has 2 heterocycles. The van der Waals surface area contributed by atoms with E-state index < -0.39 is 34.1 Å². The predicted molar refractivity (Wildman–Crippen MR) is 90.8 cm³/mol. The van der Waals surface area contributed by atoms with Gasteiger partial charge in [-0.05, 0) is 6.07 Å².